The molecule has 4 heteroatoms. The second kappa shape index (κ2) is 7.52. The zero-order valence-corrected chi connectivity index (χ0v) is 18.2. The molecule has 31 heavy (non-hydrogen) atoms. The van der Waals surface area contributed by atoms with Gasteiger partial charge >= 0.3 is 5.97 Å². The van der Waals surface area contributed by atoms with Crippen LogP contribution in [0.2, 0.25) is 0 Å². The Balaban J connectivity index is 1.66. The number of carbonyl (C=O) groups excluding carboxylic acids is 1. The van der Waals surface area contributed by atoms with Gasteiger partial charge in [0.1, 0.15) is 0 Å². The quantitative estimate of drug-likeness (QED) is 0.539. The minimum Gasteiger partial charge on any atom is -0.465 e. The Bertz CT molecular complexity index is 1160. The van der Waals surface area contributed by atoms with Crippen LogP contribution in [0.25, 0.3) is 22.2 Å². The molecule has 1 saturated heterocycles. The van der Waals surface area contributed by atoms with Gasteiger partial charge in [0.2, 0.25) is 0 Å². The topological polar surface area (TPSA) is 43.3 Å². The Morgan fingerprint density at radius 2 is 1.90 bits per heavy atom. The summed E-state index contributed by atoms with van der Waals surface area (Å²) >= 11 is 0. The molecule has 2 fully saturated rings. The van der Waals surface area contributed by atoms with Gasteiger partial charge in [-0.2, -0.15) is 0 Å². The molecule has 1 aliphatic carbocycles. The van der Waals surface area contributed by atoms with Crippen LogP contribution < -0.4 is 5.32 Å². The van der Waals surface area contributed by atoms with E-state index in [2.05, 4.69) is 46.3 Å². The fraction of sp³-hybridized carbons (Fsp3) is 0.444. The zero-order chi connectivity index (χ0) is 20.9. The third-order valence-electron chi connectivity index (χ3n) is 7.86. The number of methoxy groups -OCH3 is 1. The number of ether oxygens (including phenoxy) is 1. The number of aromatic nitrogens is 1. The summed E-state index contributed by atoms with van der Waals surface area (Å²) in [5.74, 6) is 0.903. The van der Waals surface area contributed by atoms with Gasteiger partial charge in [-0.1, -0.05) is 49.6 Å². The van der Waals surface area contributed by atoms with Crippen molar-refractivity contribution in [3.63, 3.8) is 0 Å². The van der Waals surface area contributed by atoms with E-state index in [9.17, 15) is 4.79 Å². The fourth-order valence-corrected chi connectivity index (χ4v) is 6.44. The monoisotopic (exact) mass is 414 g/mol. The number of esters is 1. The summed E-state index contributed by atoms with van der Waals surface area (Å²) in [4.78, 5) is 12.3. The predicted molar refractivity (Wildman–Crippen MR) is 123 cm³/mol. The van der Waals surface area contributed by atoms with Crippen molar-refractivity contribution in [3.8, 4) is 11.3 Å². The molecule has 3 aliphatic rings. The van der Waals surface area contributed by atoms with Crippen molar-refractivity contribution < 1.29 is 9.53 Å². The van der Waals surface area contributed by atoms with E-state index in [4.69, 9.17) is 4.74 Å². The van der Waals surface area contributed by atoms with E-state index < -0.39 is 0 Å². The van der Waals surface area contributed by atoms with Gasteiger partial charge in [0, 0.05) is 29.1 Å². The highest BCUT2D eigenvalue weighted by atomic mass is 16.5. The van der Waals surface area contributed by atoms with Gasteiger partial charge in [-0.05, 0) is 60.9 Å². The molecule has 0 bridgehead atoms. The molecule has 160 valence electrons. The van der Waals surface area contributed by atoms with E-state index in [0.29, 0.717) is 23.4 Å². The Kier molecular flexibility index (Phi) is 4.64. The van der Waals surface area contributed by atoms with E-state index in [1.807, 2.05) is 6.07 Å². The van der Waals surface area contributed by atoms with Crippen LogP contribution >= 0.6 is 0 Å². The lowest BCUT2D eigenvalue weighted by molar-refractivity contribution is 0.0601. The van der Waals surface area contributed by atoms with Crippen molar-refractivity contribution >= 4 is 16.9 Å². The van der Waals surface area contributed by atoms with Gasteiger partial charge in [0.25, 0.3) is 0 Å². The molecule has 6 rings (SSSR count). The summed E-state index contributed by atoms with van der Waals surface area (Å²) in [5.41, 5.74) is 7.57. The van der Waals surface area contributed by atoms with Crippen LogP contribution in [0.5, 0.6) is 0 Å². The minimum atomic E-state index is -0.258. The molecular weight excluding hydrogens is 384 g/mol. The fourth-order valence-electron chi connectivity index (χ4n) is 6.44. The Morgan fingerprint density at radius 1 is 1.06 bits per heavy atom. The number of benzene rings is 2. The summed E-state index contributed by atoms with van der Waals surface area (Å²) in [6.07, 6.45) is 7.68. The lowest BCUT2D eigenvalue weighted by Crippen LogP contribution is -2.19. The van der Waals surface area contributed by atoms with Gasteiger partial charge in [0.15, 0.2) is 0 Å². The van der Waals surface area contributed by atoms with Crippen molar-refractivity contribution in [3.05, 3.63) is 59.2 Å². The van der Waals surface area contributed by atoms with Gasteiger partial charge in [-0.25, -0.2) is 4.79 Å². The van der Waals surface area contributed by atoms with Crippen molar-refractivity contribution in [2.45, 2.75) is 57.0 Å². The maximum absolute atomic E-state index is 12.3. The molecule has 4 nitrogen and oxygen atoms in total. The summed E-state index contributed by atoms with van der Waals surface area (Å²) in [5, 5.41) is 5.11. The highest BCUT2D eigenvalue weighted by molar-refractivity contribution is 5.99. The van der Waals surface area contributed by atoms with Gasteiger partial charge in [-0.3, -0.25) is 0 Å². The first-order valence-electron chi connectivity index (χ1n) is 11.8. The number of nitrogens with zero attached hydrogens (tertiary/aromatic N) is 1. The highest BCUT2D eigenvalue weighted by Crippen LogP contribution is 2.49. The Hall–Kier alpha value is -2.59. The molecule has 0 amide bonds. The molecule has 2 atom stereocenters. The smallest absolute Gasteiger partial charge is 0.337 e. The summed E-state index contributed by atoms with van der Waals surface area (Å²) in [7, 11) is 1.46. The predicted octanol–water partition coefficient (Wildman–Crippen LogP) is 5.81. The van der Waals surface area contributed by atoms with Crippen molar-refractivity contribution in [2.75, 3.05) is 13.7 Å². The molecule has 0 spiro atoms. The molecular formula is C27H30N2O2. The molecule has 1 N–H and O–H groups in total. The first kappa shape index (κ1) is 19.1. The van der Waals surface area contributed by atoms with E-state index in [-0.39, 0.29) is 5.97 Å². The van der Waals surface area contributed by atoms with Crippen LogP contribution in [-0.2, 0) is 11.3 Å². The van der Waals surface area contributed by atoms with Crippen LogP contribution in [0.3, 0.4) is 0 Å². The van der Waals surface area contributed by atoms with Crippen LogP contribution in [-0.4, -0.2) is 24.2 Å². The second-order valence-corrected chi connectivity index (χ2v) is 9.50. The molecule has 0 radical (unpaired) electrons. The first-order valence-corrected chi connectivity index (χ1v) is 11.8. The molecule has 3 heterocycles. The maximum Gasteiger partial charge on any atom is 0.337 e. The summed E-state index contributed by atoms with van der Waals surface area (Å²) < 4.78 is 7.59. The summed E-state index contributed by atoms with van der Waals surface area (Å²) in [6, 6.07) is 15.6. The largest absolute Gasteiger partial charge is 0.465 e. The van der Waals surface area contributed by atoms with E-state index in [0.717, 1.165) is 13.1 Å². The van der Waals surface area contributed by atoms with Crippen molar-refractivity contribution in [2.24, 2.45) is 5.92 Å². The van der Waals surface area contributed by atoms with Crippen LogP contribution in [0.4, 0.5) is 0 Å². The summed E-state index contributed by atoms with van der Waals surface area (Å²) in [6.45, 7) is 2.07. The zero-order valence-electron chi connectivity index (χ0n) is 18.2. The molecule has 1 aromatic heterocycles. The molecule has 1 saturated carbocycles. The minimum absolute atomic E-state index is 0.258. The third-order valence-corrected chi connectivity index (χ3v) is 7.86. The maximum atomic E-state index is 12.3. The number of rotatable bonds is 2. The highest BCUT2D eigenvalue weighted by Gasteiger charge is 2.37. The van der Waals surface area contributed by atoms with E-state index in [1.165, 1.54) is 78.9 Å². The first-order chi connectivity index (χ1) is 15.3. The third kappa shape index (κ3) is 2.95. The number of hydrogen-bond acceptors (Lipinski definition) is 3. The SMILES string of the molecule is COC(=O)c1ccc2c(C3CCCCC3)c3n(c2c1)CC1CCNC1c1ccccc1-3. The number of nitrogens with one attached hydrogen (secondary N) is 1. The van der Waals surface area contributed by atoms with Crippen molar-refractivity contribution in [1.29, 1.82) is 0 Å². The van der Waals surface area contributed by atoms with Gasteiger partial charge in [-0.15, -0.1) is 0 Å². The Labute approximate surface area is 183 Å². The lowest BCUT2D eigenvalue weighted by atomic mass is 9.81. The molecule has 2 aliphatic heterocycles. The van der Waals surface area contributed by atoms with Crippen LogP contribution in [0, 0.1) is 5.92 Å². The number of carbonyl (C=O) groups is 1. The molecule has 2 aromatic carbocycles. The van der Waals surface area contributed by atoms with Crippen LogP contribution in [0.1, 0.15) is 72.0 Å². The van der Waals surface area contributed by atoms with E-state index >= 15 is 0 Å². The second-order valence-electron chi connectivity index (χ2n) is 9.50. The Morgan fingerprint density at radius 3 is 2.74 bits per heavy atom. The average Bonchev–Trinajstić information content (AvgIpc) is 3.38. The van der Waals surface area contributed by atoms with Crippen molar-refractivity contribution in [1.82, 2.24) is 9.88 Å². The molecule has 3 aromatic rings. The standard InChI is InChI=1S/C27H30N2O2/c1-31-27(30)18-11-12-22-23(15-18)29-16-19-13-14-28-25(19)20-9-5-6-10-21(20)26(29)24(22)17-7-3-2-4-8-17/h5-6,9-12,15,17,19,25,28H,2-4,7-8,13-14,16H2,1H3. The lowest BCUT2D eigenvalue weighted by Gasteiger charge is -2.24. The molecule has 2 unspecified atom stereocenters. The number of fused-ring (bicyclic) bond motifs is 7. The normalized spacial score (nSPS) is 23.1. The van der Waals surface area contributed by atoms with Gasteiger partial charge < -0.3 is 14.6 Å². The van der Waals surface area contributed by atoms with Gasteiger partial charge in [0.05, 0.1) is 18.4 Å². The average molecular weight is 415 g/mol. The van der Waals surface area contributed by atoms with E-state index in [1.54, 1.807) is 0 Å². The van der Waals surface area contributed by atoms with Crippen LogP contribution in [0.15, 0.2) is 42.5 Å². The number of hydrogen-bond donors (Lipinski definition) is 1.